The Morgan fingerprint density at radius 3 is 3.00 bits per heavy atom. The zero-order valence-corrected chi connectivity index (χ0v) is 8.66. The van der Waals surface area contributed by atoms with Crippen LogP contribution in [-0.2, 0) is 0 Å². The summed E-state index contributed by atoms with van der Waals surface area (Å²) >= 11 is 0. The summed E-state index contributed by atoms with van der Waals surface area (Å²) in [6.07, 6.45) is 0. The van der Waals surface area contributed by atoms with Gasteiger partial charge in [0, 0.05) is 23.1 Å². The van der Waals surface area contributed by atoms with Crippen molar-refractivity contribution < 1.29 is 9.90 Å². The third kappa shape index (κ3) is 1.99. The van der Waals surface area contributed by atoms with Gasteiger partial charge in [-0.2, -0.15) is 0 Å². The van der Waals surface area contributed by atoms with Crippen molar-refractivity contribution >= 4 is 22.5 Å². The lowest BCUT2D eigenvalue weighted by Crippen LogP contribution is -2.26. The number of nitrogens with two attached hydrogens (primary N) is 1. The van der Waals surface area contributed by atoms with Crippen LogP contribution in [0.3, 0.4) is 0 Å². The summed E-state index contributed by atoms with van der Waals surface area (Å²) in [5.41, 5.74) is 7.63. The molecule has 5 heteroatoms. The zero-order chi connectivity index (χ0) is 11.5. The number of hydrogen-bond acceptors (Lipinski definition) is 3. The van der Waals surface area contributed by atoms with Crippen molar-refractivity contribution in [1.29, 1.82) is 0 Å². The van der Waals surface area contributed by atoms with Crippen LogP contribution in [0.1, 0.15) is 10.5 Å². The molecule has 16 heavy (non-hydrogen) atoms. The first-order valence-corrected chi connectivity index (χ1v) is 4.98. The number of anilines is 1. The summed E-state index contributed by atoms with van der Waals surface area (Å²) in [7, 11) is 0. The van der Waals surface area contributed by atoms with Gasteiger partial charge >= 0.3 is 0 Å². The number of aromatic amines is 1. The predicted octanol–water partition coefficient (Wildman–Crippen LogP) is 0.472. The average Bonchev–Trinajstić information content (AvgIpc) is 2.68. The fourth-order valence-electron chi connectivity index (χ4n) is 1.54. The van der Waals surface area contributed by atoms with Crippen molar-refractivity contribution in [3.8, 4) is 0 Å². The van der Waals surface area contributed by atoms with E-state index in [-0.39, 0.29) is 19.1 Å². The minimum absolute atomic E-state index is 0.0705. The van der Waals surface area contributed by atoms with Gasteiger partial charge in [0.1, 0.15) is 5.69 Å². The maximum atomic E-state index is 11.6. The number of aliphatic hydroxyl groups is 1. The number of fused-ring (bicyclic) bond motifs is 1. The SMILES string of the molecule is Nc1ccc2[nH]c(C(=O)NCCO)cc2c1. The second-order valence-electron chi connectivity index (χ2n) is 3.51. The van der Waals surface area contributed by atoms with E-state index in [1.165, 1.54) is 0 Å². The van der Waals surface area contributed by atoms with Crippen LogP contribution >= 0.6 is 0 Å². The smallest absolute Gasteiger partial charge is 0.267 e. The van der Waals surface area contributed by atoms with Crippen molar-refractivity contribution in [2.75, 3.05) is 18.9 Å². The number of amides is 1. The number of aromatic nitrogens is 1. The average molecular weight is 219 g/mol. The molecule has 0 unspecified atom stereocenters. The highest BCUT2D eigenvalue weighted by Gasteiger charge is 2.08. The predicted molar refractivity (Wildman–Crippen MR) is 62.1 cm³/mol. The molecule has 1 aromatic carbocycles. The molecule has 0 fully saturated rings. The number of H-pyrrole nitrogens is 1. The van der Waals surface area contributed by atoms with Gasteiger partial charge in [0.25, 0.3) is 5.91 Å². The van der Waals surface area contributed by atoms with Crippen molar-refractivity contribution in [3.05, 3.63) is 30.0 Å². The number of carbonyl (C=O) groups excluding carboxylic acids is 1. The molecule has 0 bridgehead atoms. The first kappa shape index (κ1) is 10.5. The molecule has 0 saturated heterocycles. The highest BCUT2D eigenvalue weighted by molar-refractivity contribution is 5.98. The molecule has 2 rings (SSSR count). The minimum atomic E-state index is -0.233. The highest BCUT2D eigenvalue weighted by Crippen LogP contribution is 2.18. The molecule has 0 aliphatic carbocycles. The fourth-order valence-corrected chi connectivity index (χ4v) is 1.54. The number of rotatable bonds is 3. The van der Waals surface area contributed by atoms with Crippen LogP contribution in [0.4, 0.5) is 5.69 Å². The van der Waals surface area contributed by atoms with E-state index in [1.807, 2.05) is 6.07 Å². The molecule has 0 aliphatic rings. The van der Waals surface area contributed by atoms with Crippen LogP contribution in [0.2, 0.25) is 0 Å². The van der Waals surface area contributed by atoms with E-state index in [9.17, 15) is 4.79 Å². The van der Waals surface area contributed by atoms with Gasteiger partial charge in [-0.25, -0.2) is 0 Å². The molecule has 1 amide bonds. The van der Waals surface area contributed by atoms with Crippen molar-refractivity contribution in [1.82, 2.24) is 10.3 Å². The van der Waals surface area contributed by atoms with E-state index < -0.39 is 0 Å². The number of hydrogen-bond donors (Lipinski definition) is 4. The van der Waals surface area contributed by atoms with Crippen molar-refractivity contribution in [2.45, 2.75) is 0 Å². The Labute approximate surface area is 92.3 Å². The summed E-state index contributed by atoms with van der Waals surface area (Å²) in [5.74, 6) is -0.233. The number of carbonyl (C=O) groups is 1. The number of aliphatic hydroxyl groups excluding tert-OH is 1. The van der Waals surface area contributed by atoms with Crippen LogP contribution in [0.25, 0.3) is 10.9 Å². The zero-order valence-electron chi connectivity index (χ0n) is 8.66. The van der Waals surface area contributed by atoms with Gasteiger partial charge in [-0.1, -0.05) is 0 Å². The van der Waals surface area contributed by atoms with Gasteiger partial charge in [-0.05, 0) is 24.3 Å². The van der Waals surface area contributed by atoms with Crippen LogP contribution in [-0.4, -0.2) is 29.1 Å². The van der Waals surface area contributed by atoms with E-state index >= 15 is 0 Å². The molecule has 0 saturated carbocycles. The molecule has 5 nitrogen and oxygen atoms in total. The summed E-state index contributed by atoms with van der Waals surface area (Å²) in [5, 5.41) is 12.1. The molecule has 5 N–H and O–H groups in total. The van der Waals surface area contributed by atoms with E-state index in [0.29, 0.717) is 11.4 Å². The van der Waals surface area contributed by atoms with Crippen molar-refractivity contribution in [2.24, 2.45) is 0 Å². The Balaban J connectivity index is 2.28. The quantitative estimate of drug-likeness (QED) is 0.565. The first-order chi connectivity index (χ1) is 7.70. The molecular weight excluding hydrogens is 206 g/mol. The molecule has 0 spiro atoms. The molecule has 1 aromatic heterocycles. The van der Waals surface area contributed by atoms with E-state index in [4.69, 9.17) is 10.8 Å². The van der Waals surface area contributed by atoms with Gasteiger partial charge in [0.15, 0.2) is 0 Å². The molecule has 0 radical (unpaired) electrons. The molecule has 2 aromatic rings. The van der Waals surface area contributed by atoms with E-state index in [0.717, 1.165) is 10.9 Å². The third-order valence-corrected chi connectivity index (χ3v) is 2.29. The summed E-state index contributed by atoms with van der Waals surface area (Å²) in [6.45, 7) is 0.176. The maximum Gasteiger partial charge on any atom is 0.267 e. The highest BCUT2D eigenvalue weighted by atomic mass is 16.3. The second kappa shape index (κ2) is 4.24. The van der Waals surface area contributed by atoms with E-state index in [1.54, 1.807) is 18.2 Å². The lowest BCUT2D eigenvalue weighted by atomic mass is 10.2. The number of nitrogen functional groups attached to an aromatic ring is 1. The minimum Gasteiger partial charge on any atom is -0.399 e. The van der Waals surface area contributed by atoms with Gasteiger partial charge in [-0.15, -0.1) is 0 Å². The molecule has 1 heterocycles. The Morgan fingerprint density at radius 2 is 2.25 bits per heavy atom. The standard InChI is InChI=1S/C11H13N3O2/c12-8-1-2-9-7(5-8)6-10(14-9)11(16)13-3-4-15/h1-2,5-6,14-15H,3-4,12H2,(H,13,16). The lowest BCUT2D eigenvalue weighted by molar-refractivity contribution is 0.0940. The number of nitrogens with one attached hydrogen (secondary N) is 2. The Morgan fingerprint density at radius 1 is 1.44 bits per heavy atom. The number of benzene rings is 1. The molecular formula is C11H13N3O2. The van der Waals surface area contributed by atoms with Gasteiger partial charge in [-0.3, -0.25) is 4.79 Å². The normalized spacial score (nSPS) is 10.6. The fraction of sp³-hybridized carbons (Fsp3) is 0.182. The van der Waals surface area contributed by atoms with Gasteiger partial charge < -0.3 is 21.1 Å². The van der Waals surface area contributed by atoms with Gasteiger partial charge in [0.2, 0.25) is 0 Å². The lowest BCUT2D eigenvalue weighted by Gasteiger charge is -1.99. The van der Waals surface area contributed by atoms with Crippen LogP contribution in [0.5, 0.6) is 0 Å². The first-order valence-electron chi connectivity index (χ1n) is 4.98. The Bertz CT molecular complexity index is 519. The molecule has 0 aliphatic heterocycles. The monoisotopic (exact) mass is 219 g/mol. The summed E-state index contributed by atoms with van der Waals surface area (Å²) < 4.78 is 0. The summed E-state index contributed by atoms with van der Waals surface area (Å²) in [6, 6.07) is 7.13. The largest absolute Gasteiger partial charge is 0.399 e. The molecule has 0 atom stereocenters. The summed E-state index contributed by atoms with van der Waals surface area (Å²) in [4.78, 5) is 14.6. The van der Waals surface area contributed by atoms with Crippen LogP contribution in [0, 0.1) is 0 Å². The van der Waals surface area contributed by atoms with Crippen molar-refractivity contribution in [3.63, 3.8) is 0 Å². The Kier molecular flexibility index (Phi) is 2.78. The Hall–Kier alpha value is -2.01. The van der Waals surface area contributed by atoms with E-state index in [2.05, 4.69) is 10.3 Å². The van der Waals surface area contributed by atoms with Crippen LogP contribution in [0.15, 0.2) is 24.3 Å². The second-order valence-corrected chi connectivity index (χ2v) is 3.51. The van der Waals surface area contributed by atoms with Crippen LogP contribution < -0.4 is 11.1 Å². The topological polar surface area (TPSA) is 91.1 Å². The third-order valence-electron chi connectivity index (χ3n) is 2.29. The molecule has 84 valence electrons. The maximum absolute atomic E-state index is 11.6. The van der Waals surface area contributed by atoms with Gasteiger partial charge in [0.05, 0.1) is 6.61 Å².